The Kier molecular flexibility index (Phi) is 4.70. The zero-order valence-electron chi connectivity index (χ0n) is 12.7. The third-order valence-corrected chi connectivity index (χ3v) is 3.57. The van der Waals surface area contributed by atoms with Crippen LogP contribution in [0.5, 0.6) is 17.4 Å². The van der Waals surface area contributed by atoms with E-state index >= 15 is 0 Å². The molecule has 1 N–H and O–H groups in total. The number of nitrogens with zero attached hydrogens (tertiary/aromatic N) is 3. The fraction of sp³-hybridized carbons (Fsp3) is 0.375. The first-order chi connectivity index (χ1) is 10.8. The van der Waals surface area contributed by atoms with Gasteiger partial charge in [0.1, 0.15) is 23.6 Å². The van der Waals surface area contributed by atoms with E-state index in [-0.39, 0.29) is 0 Å². The Morgan fingerprint density at radius 1 is 1.05 bits per heavy atom. The van der Waals surface area contributed by atoms with E-state index in [4.69, 9.17) is 9.47 Å². The van der Waals surface area contributed by atoms with Crippen LogP contribution in [0.3, 0.4) is 0 Å². The fourth-order valence-corrected chi connectivity index (χ4v) is 2.40. The molecule has 1 aliphatic rings. The first-order valence-corrected chi connectivity index (χ1v) is 7.45. The maximum absolute atomic E-state index is 5.79. The van der Waals surface area contributed by atoms with Crippen LogP contribution in [0.25, 0.3) is 0 Å². The Labute approximate surface area is 130 Å². The lowest BCUT2D eigenvalue weighted by atomic mass is 10.3. The molecule has 1 aromatic heterocycles. The van der Waals surface area contributed by atoms with Crippen molar-refractivity contribution in [2.24, 2.45) is 0 Å². The van der Waals surface area contributed by atoms with Crippen molar-refractivity contribution in [1.82, 2.24) is 15.3 Å². The van der Waals surface area contributed by atoms with Gasteiger partial charge in [0.05, 0.1) is 7.11 Å². The van der Waals surface area contributed by atoms with Gasteiger partial charge in [-0.05, 0) is 37.2 Å². The molecule has 0 radical (unpaired) electrons. The second kappa shape index (κ2) is 7.09. The minimum absolute atomic E-state index is 0.548. The summed E-state index contributed by atoms with van der Waals surface area (Å²) in [4.78, 5) is 10.8. The summed E-state index contributed by atoms with van der Waals surface area (Å²) in [6.07, 6.45) is 2.66. The molecule has 6 heteroatoms. The number of ether oxygens (including phenoxy) is 2. The van der Waals surface area contributed by atoms with Gasteiger partial charge in [-0.2, -0.15) is 0 Å². The molecular formula is C16H20N4O2. The monoisotopic (exact) mass is 300 g/mol. The number of hydrogen-bond donors (Lipinski definition) is 1. The van der Waals surface area contributed by atoms with Gasteiger partial charge in [0.25, 0.3) is 0 Å². The quantitative estimate of drug-likeness (QED) is 0.933. The van der Waals surface area contributed by atoms with Crippen molar-refractivity contribution in [1.29, 1.82) is 0 Å². The van der Waals surface area contributed by atoms with Crippen molar-refractivity contribution < 1.29 is 9.47 Å². The first kappa shape index (κ1) is 14.6. The summed E-state index contributed by atoms with van der Waals surface area (Å²) in [5.74, 6) is 2.98. The number of methoxy groups -OCH3 is 1. The smallest absolute Gasteiger partial charge is 0.224 e. The molecule has 0 atom stereocenters. The lowest BCUT2D eigenvalue weighted by Crippen LogP contribution is -2.28. The molecule has 1 saturated heterocycles. The summed E-state index contributed by atoms with van der Waals surface area (Å²) in [5.41, 5.74) is 0. The van der Waals surface area contributed by atoms with Crippen LogP contribution in [0.2, 0.25) is 0 Å². The van der Waals surface area contributed by atoms with Gasteiger partial charge in [-0.25, -0.2) is 9.97 Å². The lowest BCUT2D eigenvalue weighted by molar-refractivity contribution is 0.412. The average molecular weight is 300 g/mol. The number of aromatic nitrogens is 2. The van der Waals surface area contributed by atoms with Crippen molar-refractivity contribution in [2.75, 3.05) is 38.2 Å². The normalized spacial score (nSPS) is 15.2. The van der Waals surface area contributed by atoms with E-state index in [9.17, 15) is 0 Å². The van der Waals surface area contributed by atoms with E-state index in [1.807, 2.05) is 30.3 Å². The minimum Gasteiger partial charge on any atom is -0.497 e. The lowest BCUT2D eigenvalue weighted by Gasteiger charge is -2.21. The van der Waals surface area contributed by atoms with Gasteiger partial charge in [0, 0.05) is 25.7 Å². The molecule has 2 heterocycles. The van der Waals surface area contributed by atoms with E-state index in [1.165, 1.54) is 0 Å². The Balaban J connectivity index is 1.72. The second-order valence-corrected chi connectivity index (χ2v) is 5.08. The van der Waals surface area contributed by atoms with Gasteiger partial charge < -0.3 is 19.7 Å². The highest BCUT2D eigenvalue weighted by Gasteiger charge is 2.12. The molecule has 2 aromatic rings. The molecule has 3 rings (SSSR count). The van der Waals surface area contributed by atoms with Crippen molar-refractivity contribution in [3.05, 3.63) is 36.7 Å². The Hall–Kier alpha value is -2.34. The third-order valence-electron chi connectivity index (χ3n) is 3.57. The predicted molar refractivity (Wildman–Crippen MR) is 84.8 cm³/mol. The van der Waals surface area contributed by atoms with Crippen LogP contribution in [-0.4, -0.2) is 43.3 Å². The van der Waals surface area contributed by atoms with Crippen LogP contribution in [0.1, 0.15) is 6.42 Å². The van der Waals surface area contributed by atoms with Gasteiger partial charge in [0.15, 0.2) is 0 Å². The molecular weight excluding hydrogens is 280 g/mol. The van der Waals surface area contributed by atoms with Gasteiger partial charge in [-0.3, -0.25) is 0 Å². The molecule has 0 bridgehead atoms. The van der Waals surface area contributed by atoms with E-state index < -0.39 is 0 Å². The van der Waals surface area contributed by atoms with Crippen LogP contribution < -0.4 is 19.7 Å². The summed E-state index contributed by atoms with van der Waals surface area (Å²) in [6, 6.07) is 9.32. The number of rotatable bonds is 4. The summed E-state index contributed by atoms with van der Waals surface area (Å²) in [7, 11) is 1.64. The number of nitrogens with one attached hydrogen (secondary N) is 1. The summed E-state index contributed by atoms with van der Waals surface area (Å²) in [5, 5.41) is 3.38. The van der Waals surface area contributed by atoms with E-state index in [1.54, 1.807) is 13.4 Å². The van der Waals surface area contributed by atoms with Crippen molar-refractivity contribution in [2.45, 2.75) is 6.42 Å². The summed E-state index contributed by atoms with van der Waals surface area (Å²) >= 11 is 0. The summed E-state index contributed by atoms with van der Waals surface area (Å²) < 4.78 is 10.9. The van der Waals surface area contributed by atoms with Crippen LogP contribution in [-0.2, 0) is 0 Å². The predicted octanol–water partition coefficient (Wildman–Crippen LogP) is 2.08. The third kappa shape index (κ3) is 3.65. The Morgan fingerprint density at radius 3 is 2.68 bits per heavy atom. The second-order valence-electron chi connectivity index (χ2n) is 5.08. The topological polar surface area (TPSA) is 59.5 Å². The SMILES string of the molecule is COc1ccc(Oc2cc(N3CCCNCC3)ncn2)cc1. The highest BCUT2D eigenvalue weighted by atomic mass is 16.5. The standard InChI is InChI=1S/C16H20N4O2/c1-21-13-3-5-14(6-4-13)22-16-11-15(18-12-19-16)20-9-2-7-17-8-10-20/h3-6,11-12,17H,2,7-10H2,1H3. The average Bonchev–Trinajstić information content (AvgIpc) is 2.85. The molecule has 0 aliphatic carbocycles. The van der Waals surface area contributed by atoms with Crippen molar-refractivity contribution in [3.8, 4) is 17.4 Å². The van der Waals surface area contributed by atoms with E-state index in [2.05, 4.69) is 20.2 Å². The molecule has 0 unspecified atom stereocenters. The Morgan fingerprint density at radius 2 is 1.86 bits per heavy atom. The molecule has 0 amide bonds. The maximum atomic E-state index is 5.79. The van der Waals surface area contributed by atoms with Crippen LogP contribution >= 0.6 is 0 Å². The number of hydrogen-bond acceptors (Lipinski definition) is 6. The largest absolute Gasteiger partial charge is 0.497 e. The maximum Gasteiger partial charge on any atom is 0.224 e. The molecule has 0 saturated carbocycles. The zero-order chi connectivity index (χ0) is 15.2. The van der Waals surface area contributed by atoms with E-state index in [0.717, 1.165) is 49.9 Å². The minimum atomic E-state index is 0.548. The van der Waals surface area contributed by atoms with Gasteiger partial charge in [0.2, 0.25) is 5.88 Å². The van der Waals surface area contributed by atoms with Gasteiger partial charge >= 0.3 is 0 Å². The molecule has 1 aliphatic heterocycles. The zero-order valence-corrected chi connectivity index (χ0v) is 12.7. The number of benzene rings is 1. The first-order valence-electron chi connectivity index (χ1n) is 7.45. The molecule has 22 heavy (non-hydrogen) atoms. The molecule has 0 spiro atoms. The molecule has 1 fully saturated rings. The fourth-order valence-electron chi connectivity index (χ4n) is 2.40. The Bertz CT molecular complexity index is 595. The van der Waals surface area contributed by atoms with Crippen LogP contribution in [0.15, 0.2) is 36.7 Å². The van der Waals surface area contributed by atoms with Crippen LogP contribution in [0, 0.1) is 0 Å². The molecule has 1 aromatic carbocycles. The molecule has 6 nitrogen and oxygen atoms in total. The van der Waals surface area contributed by atoms with Gasteiger partial charge in [-0.15, -0.1) is 0 Å². The summed E-state index contributed by atoms with van der Waals surface area (Å²) in [6.45, 7) is 3.96. The highest BCUT2D eigenvalue weighted by Crippen LogP contribution is 2.24. The van der Waals surface area contributed by atoms with Crippen molar-refractivity contribution >= 4 is 5.82 Å². The van der Waals surface area contributed by atoms with Crippen molar-refractivity contribution in [3.63, 3.8) is 0 Å². The van der Waals surface area contributed by atoms with E-state index in [0.29, 0.717) is 5.88 Å². The molecule has 116 valence electrons. The highest BCUT2D eigenvalue weighted by molar-refractivity contribution is 5.42. The van der Waals surface area contributed by atoms with Gasteiger partial charge in [-0.1, -0.05) is 0 Å². The number of anilines is 1. The van der Waals surface area contributed by atoms with Crippen LogP contribution in [0.4, 0.5) is 5.82 Å².